The minimum Gasteiger partial charge on any atom is -0.312 e. The summed E-state index contributed by atoms with van der Waals surface area (Å²) in [6.45, 7) is 4.15. The molecule has 0 aromatic heterocycles. The first-order valence-corrected chi connectivity index (χ1v) is 7.01. The maximum absolute atomic E-state index is 13.4. The van der Waals surface area contributed by atoms with E-state index in [0.29, 0.717) is 6.54 Å². The Morgan fingerprint density at radius 3 is 2.83 bits per heavy atom. The van der Waals surface area contributed by atoms with Crippen LogP contribution in [0.5, 0.6) is 0 Å². The van der Waals surface area contributed by atoms with Gasteiger partial charge in [-0.1, -0.05) is 18.2 Å². The highest BCUT2D eigenvalue weighted by molar-refractivity contribution is 5.16. The molecule has 3 rings (SSSR count). The van der Waals surface area contributed by atoms with Crippen LogP contribution in [-0.2, 0) is 6.54 Å². The molecule has 1 atom stereocenters. The third kappa shape index (κ3) is 2.90. The highest BCUT2D eigenvalue weighted by atomic mass is 19.1. The summed E-state index contributed by atoms with van der Waals surface area (Å²) in [5, 5.41) is 3.40. The molecule has 0 spiro atoms. The second-order valence-corrected chi connectivity index (χ2v) is 5.60. The van der Waals surface area contributed by atoms with Crippen LogP contribution in [0.4, 0.5) is 4.39 Å². The lowest BCUT2D eigenvalue weighted by Crippen LogP contribution is -2.27. The van der Waals surface area contributed by atoms with Crippen molar-refractivity contribution in [1.82, 2.24) is 10.2 Å². The van der Waals surface area contributed by atoms with Crippen molar-refractivity contribution in [3.63, 3.8) is 0 Å². The zero-order valence-electron chi connectivity index (χ0n) is 10.7. The molecule has 18 heavy (non-hydrogen) atoms. The van der Waals surface area contributed by atoms with Gasteiger partial charge in [-0.25, -0.2) is 4.39 Å². The average Bonchev–Trinajstić information content (AvgIpc) is 3.12. The number of hydrogen-bond acceptors (Lipinski definition) is 2. The Balaban J connectivity index is 1.41. The van der Waals surface area contributed by atoms with Crippen LogP contribution >= 0.6 is 0 Å². The van der Waals surface area contributed by atoms with Crippen molar-refractivity contribution in [2.45, 2.75) is 31.8 Å². The smallest absolute Gasteiger partial charge is 0.127 e. The zero-order chi connectivity index (χ0) is 12.4. The molecule has 0 bridgehead atoms. The Morgan fingerprint density at radius 1 is 1.22 bits per heavy atom. The topological polar surface area (TPSA) is 15.3 Å². The van der Waals surface area contributed by atoms with Gasteiger partial charge in [0.1, 0.15) is 5.82 Å². The monoisotopic (exact) mass is 248 g/mol. The Labute approximate surface area is 108 Å². The number of benzene rings is 1. The Morgan fingerprint density at radius 2 is 2.06 bits per heavy atom. The van der Waals surface area contributed by atoms with Crippen LogP contribution in [0.25, 0.3) is 0 Å². The lowest BCUT2D eigenvalue weighted by atomic mass is 10.1. The average molecular weight is 248 g/mol. The summed E-state index contributed by atoms with van der Waals surface area (Å²) in [7, 11) is 0. The third-order valence-electron chi connectivity index (χ3n) is 4.09. The summed E-state index contributed by atoms with van der Waals surface area (Å²) < 4.78 is 13.4. The molecule has 1 heterocycles. The molecule has 2 nitrogen and oxygen atoms in total. The van der Waals surface area contributed by atoms with Crippen molar-refractivity contribution in [2.75, 3.05) is 19.6 Å². The van der Waals surface area contributed by atoms with Crippen molar-refractivity contribution < 1.29 is 4.39 Å². The van der Waals surface area contributed by atoms with Gasteiger partial charge in [0.05, 0.1) is 0 Å². The fraction of sp³-hybridized carbons (Fsp3) is 0.600. The largest absolute Gasteiger partial charge is 0.312 e. The summed E-state index contributed by atoms with van der Waals surface area (Å²) in [6, 6.07) is 7.91. The molecular weight excluding hydrogens is 227 g/mol. The number of nitrogens with one attached hydrogen (secondary N) is 1. The first kappa shape index (κ1) is 12.1. The van der Waals surface area contributed by atoms with E-state index in [0.717, 1.165) is 24.1 Å². The second-order valence-electron chi connectivity index (χ2n) is 5.60. The maximum Gasteiger partial charge on any atom is 0.127 e. The summed E-state index contributed by atoms with van der Waals surface area (Å²) in [4.78, 5) is 2.62. The van der Waals surface area contributed by atoms with Crippen LogP contribution in [-0.4, -0.2) is 30.6 Å². The number of nitrogens with zero attached hydrogens (tertiary/aromatic N) is 1. The van der Waals surface area contributed by atoms with E-state index in [-0.39, 0.29) is 5.82 Å². The summed E-state index contributed by atoms with van der Waals surface area (Å²) in [6.07, 6.45) is 4.09. The molecule has 1 saturated heterocycles. The second kappa shape index (κ2) is 5.37. The van der Waals surface area contributed by atoms with Crippen LogP contribution in [0.1, 0.15) is 24.8 Å². The Bertz CT molecular complexity index is 403. The number of halogens is 1. The predicted molar refractivity (Wildman–Crippen MR) is 70.8 cm³/mol. The summed E-state index contributed by atoms with van der Waals surface area (Å²) in [5.74, 6) is 0.647. The first-order valence-electron chi connectivity index (χ1n) is 7.01. The van der Waals surface area contributed by atoms with Gasteiger partial charge in [0.15, 0.2) is 0 Å². The van der Waals surface area contributed by atoms with E-state index in [1.807, 2.05) is 12.1 Å². The lowest BCUT2D eigenvalue weighted by molar-refractivity contribution is 0.311. The number of likely N-dealkylation sites (tertiary alicyclic amines) is 1. The van der Waals surface area contributed by atoms with Gasteiger partial charge in [0, 0.05) is 24.7 Å². The molecule has 1 aliphatic carbocycles. The lowest BCUT2D eigenvalue weighted by Gasteiger charge is -2.15. The SMILES string of the molecule is Fc1ccccc1CNCC1CCN(C2CC2)C1. The molecule has 1 unspecified atom stereocenters. The molecule has 1 aliphatic heterocycles. The van der Waals surface area contributed by atoms with Crippen molar-refractivity contribution >= 4 is 0 Å². The van der Waals surface area contributed by atoms with E-state index in [1.165, 1.54) is 38.4 Å². The van der Waals surface area contributed by atoms with Crippen molar-refractivity contribution in [3.8, 4) is 0 Å². The van der Waals surface area contributed by atoms with Gasteiger partial charge >= 0.3 is 0 Å². The Kier molecular flexibility index (Phi) is 3.62. The van der Waals surface area contributed by atoms with E-state index in [9.17, 15) is 4.39 Å². The molecule has 1 saturated carbocycles. The van der Waals surface area contributed by atoms with Crippen LogP contribution in [0.3, 0.4) is 0 Å². The zero-order valence-corrected chi connectivity index (χ0v) is 10.7. The molecular formula is C15H21FN2. The summed E-state index contributed by atoms with van der Waals surface area (Å²) in [5.41, 5.74) is 0.773. The normalized spacial score (nSPS) is 24.6. The van der Waals surface area contributed by atoms with E-state index < -0.39 is 0 Å². The quantitative estimate of drug-likeness (QED) is 0.861. The number of hydrogen-bond donors (Lipinski definition) is 1. The first-order chi connectivity index (χ1) is 8.83. The third-order valence-corrected chi connectivity index (χ3v) is 4.09. The molecule has 0 radical (unpaired) electrons. The van der Waals surface area contributed by atoms with Crippen LogP contribution < -0.4 is 5.32 Å². The van der Waals surface area contributed by atoms with Gasteiger partial charge in [0.25, 0.3) is 0 Å². The van der Waals surface area contributed by atoms with E-state index in [4.69, 9.17) is 0 Å². The molecule has 3 heteroatoms. The minimum atomic E-state index is -0.101. The molecule has 2 fully saturated rings. The van der Waals surface area contributed by atoms with Gasteiger partial charge in [-0.3, -0.25) is 0 Å². The van der Waals surface area contributed by atoms with Crippen LogP contribution in [0, 0.1) is 11.7 Å². The standard InChI is InChI=1S/C15H21FN2/c16-15-4-2-1-3-13(15)10-17-9-12-7-8-18(11-12)14-5-6-14/h1-4,12,14,17H,5-11H2. The highest BCUT2D eigenvalue weighted by Gasteiger charge is 2.33. The van der Waals surface area contributed by atoms with E-state index in [1.54, 1.807) is 6.07 Å². The minimum absolute atomic E-state index is 0.101. The van der Waals surface area contributed by atoms with Crippen molar-refractivity contribution in [3.05, 3.63) is 35.6 Å². The molecule has 1 aromatic carbocycles. The fourth-order valence-electron chi connectivity index (χ4n) is 2.85. The van der Waals surface area contributed by atoms with E-state index >= 15 is 0 Å². The Hall–Kier alpha value is -0.930. The fourth-order valence-corrected chi connectivity index (χ4v) is 2.85. The van der Waals surface area contributed by atoms with Gasteiger partial charge in [-0.2, -0.15) is 0 Å². The van der Waals surface area contributed by atoms with E-state index in [2.05, 4.69) is 10.2 Å². The van der Waals surface area contributed by atoms with Gasteiger partial charge in [-0.05, 0) is 44.3 Å². The van der Waals surface area contributed by atoms with Gasteiger partial charge in [-0.15, -0.1) is 0 Å². The maximum atomic E-state index is 13.4. The van der Waals surface area contributed by atoms with Crippen molar-refractivity contribution in [2.24, 2.45) is 5.92 Å². The van der Waals surface area contributed by atoms with Crippen molar-refractivity contribution in [1.29, 1.82) is 0 Å². The molecule has 2 aliphatic rings. The predicted octanol–water partition coefficient (Wildman–Crippen LogP) is 2.40. The highest BCUT2D eigenvalue weighted by Crippen LogP contribution is 2.31. The molecule has 1 N–H and O–H groups in total. The molecule has 0 amide bonds. The van der Waals surface area contributed by atoms with Crippen LogP contribution in [0.2, 0.25) is 0 Å². The number of rotatable bonds is 5. The molecule has 98 valence electrons. The van der Waals surface area contributed by atoms with Gasteiger partial charge < -0.3 is 10.2 Å². The summed E-state index contributed by atoms with van der Waals surface area (Å²) >= 11 is 0. The molecule has 1 aromatic rings. The van der Waals surface area contributed by atoms with Crippen LogP contribution in [0.15, 0.2) is 24.3 Å². The van der Waals surface area contributed by atoms with Gasteiger partial charge in [0.2, 0.25) is 0 Å².